The third-order valence-electron chi connectivity index (χ3n) is 2.61. The minimum Gasteiger partial charge on any atom is -0.343 e. The summed E-state index contributed by atoms with van der Waals surface area (Å²) < 4.78 is 0. The standard InChI is InChI=1S/C12H25NO/c1-4-6-7-8-9-10-11-13(5-2)12(3)14/h4-11H2,1-3H3. The lowest BCUT2D eigenvalue weighted by Crippen LogP contribution is -2.29. The highest BCUT2D eigenvalue weighted by molar-refractivity contribution is 5.73. The Morgan fingerprint density at radius 2 is 1.57 bits per heavy atom. The van der Waals surface area contributed by atoms with E-state index in [0.29, 0.717) is 0 Å². The summed E-state index contributed by atoms with van der Waals surface area (Å²) in [4.78, 5) is 13.0. The van der Waals surface area contributed by atoms with Crippen LogP contribution in [0.5, 0.6) is 0 Å². The maximum atomic E-state index is 11.1. The zero-order valence-electron chi connectivity index (χ0n) is 10.0. The third kappa shape index (κ3) is 6.93. The second-order valence-electron chi connectivity index (χ2n) is 3.87. The summed E-state index contributed by atoms with van der Waals surface area (Å²) >= 11 is 0. The molecule has 0 fully saturated rings. The number of hydrogen-bond acceptors (Lipinski definition) is 1. The highest BCUT2D eigenvalue weighted by atomic mass is 16.2. The first-order valence-corrected chi connectivity index (χ1v) is 5.97. The van der Waals surface area contributed by atoms with Gasteiger partial charge in [-0.3, -0.25) is 4.79 Å². The average Bonchev–Trinajstić information content (AvgIpc) is 2.16. The number of carbonyl (C=O) groups excluding carboxylic acids is 1. The molecule has 0 bridgehead atoms. The highest BCUT2D eigenvalue weighted by Crippen LogP contribution is 2.05. The molecule has 84 valence electrons. The number of amides is 1. The molecule has 0 aromatic rings. The highest BCUT2D eigenvalue weighted by Gasteiger charge is 2.03. The lowest BCUT2D eigenvalue weighted by Gasteiger charge is -2.18. The molecule has 0 saturated heterocycles. The van der Waals surface area contributed by atoms with Crippen LogP contribution in [0.25, 0.3) is 0 Å². The normalized spacial score (nSPS) is 10.2. The molecule has 0 aliphatic carbocycles. The lowest BCUT2D eigenvalue weighted by molar-refractivity contribution is -0.128. The summed E-state index contributed by atoms with van der Waals surface area (Å²) in [6, 6.07) is 0. The molecule has 0 N–H and O–H groups in total. The van der Waals surface area contributed by atoms with E-state index in [1.807, 2.05) is 11.8 Å². The van der Waals surface area contributed by atoms with Crippen LogP contribution in [0.15, 0.2) is 0 Å². The van der Waals surface area contributed by atoms with Gasteiger partial charge in [0, 0.05) is 20.0 Å². The van der Waals surface area contributed by atoms with E-state index in [0.717, 1.165) is 19.5 Å². The van der Waals surface area contributed by atoms with Crippen molar-refractivity contribution in [3.63, 3.8) is 0 Å². The molecule has 14 heavy (non-hydrogen) atoms. The summed E-state index contributed by atoms with van der Waals surface area (Å²) in [6.07, 6.45) is 7.76. The fraction of sp³-hybridized carbons (Fsp3) is 0.917. The van der Waals surface area contributed by atoms with Crippen molar-refractivity contribution in [2.24, 2.45) is 0 Å². The van der Waals surface area contributed by atoms with E-state index in [1.54, 1.807) is 6.92 Å². The van der Waals surface area contributed by atoms with Crippen LogP contribution in [-0.2, 0) is 4.79 Å². The van der Waals surface area contributed by atoms with Crippen LogP contribution in [0.2, 0.25) is 0 Å². The van der Waals surface area contributed by atoms with Gasteiger partial charge in [-0.2, -0.15) is 0 Å². The summed E-state index contributed by atoms with van der Waals surface area (Å²) in [5.41, 5.74) is 0. The maximum Gasteiger partial charge on any atom is 0.219 e. The molecule has 0 unspecified atom stereocenters. The van der Waals surface area contributed by atoms with Crippen molar-refractivity contribution in [3.8, 4) is 0 Å². The maximum absolute atomic E-state index is 11.1. The van der Waals surface area contributed by atoms with Crippen LogP contribution in [0, 0.1) is 0 Å². The molecule has 0 atom stereocenters. The largest absolute Gasteiger partial charge is 0.343 e. The Labute approximate surface area is 88.7 Å². The average molecular weight is 199 g/mol. The quantitative estimate of drug-likeness (QED) is 0.550. The summed E-state index contributed by atoms with van der Waals surface area (Å²) in [6.45, 7) is 7.72. The SMILES string of the molecule is CCCCCCCCN(CC)C(C)=O. The number of unbranched alkanes of at least 4 members (excludes halogenated alkanes) is 5. The first-order chi connectivity index (χ1) is 6.72. The number of nitrogens with zero attached hydrogens (tertiary/aromatic N) is 1. The van der Waals surface area contributed by atoms with Gasteiger partial charge in [0.05, 0.1) is 0 Å². The van der Waals surface area contributed by atoms with Gasteiger partial charge in [-0.15, -0.1) is 0 Å². The summed E-state index contributed by atoms with van der Waals surface area (Å²) in [5, 5.41) is 0. The molecule has 0 saturated carbocycles. The van der Waals surface area contributed by atoms with Crippen molar-refractivity contribution < 1.29 is 4.79 Å². The second-order valence-corrected chi connectivity index (χ2v) is 3.87. The lowest BCUT2D eigenvalue weighted by atomic mass is 10.1. The van der Waals surface area contributed by atoms with Gasteiger partial charge in [0.15, 0.2) is 0 Å². The van der Waals surface area contributed by atoms with Gasteiger partial charge in [0.25, 0.3) is 0 Å². The topological polar surface area (TPSA) is 20.3 Å². The van der Waals surface area contributed by atoms with Gasteiger partial charge in [0.2, 0.25) is 5.91 Å². The fourth-order valence-corrected chi connectivity index (χ4v) is 1.62. The van der Waals surface area contributed by atoms with E-state index >= 15 is 0 Å². The van der Waals surface area contributed by atoms with E-state index in [-0.39, 0.29) is 5.91 Å². The van der Waals surface area contributed by atoms with Crippen LogP contribution in [0.3, 0.4) is 0 Å². The molecular weight excluding hydrogens is 174 g/mol. The Bertz CT molecular complexity index is 145. The van der Waals surface area contributed by atoms with Crippen LogP contribution in [0.4, 0.5) is 0 Å². The van der Waals surface area contributed by atoms with Crippen molar-refractivity contribution in [2.45, 2.75) is 59.3 Å². The van der Waals surface area contributed by atoms with Crippen LogP contribution < -0.4 is 0 Å². The van der Waals surface area contributed by atoms with Crippen molar-refractivity contribution in [2.75, 3.05) is 13.1 Å². The molecule has 2 heteroatoms. The van der Waals surface area contributed by atoms with E-state index in [1.165, 1.54) is 32.1 Å². The van der Waals surface area contributed by atoms with Crippen LogP contribution >= 0.6 is 0 Å². The Kier molecular flexibility index (Phi) is 8.70. The monoisotopic (exact) mass is 199 g/mol. The van der Waals surface area contributed by atoms with Gasteiger partial charge in [-0.1, -0.05) is 39.0 Å². The molecule has 0 heterocycles. The van der Waals surface area contributed by atoms with E-state index in [2.05, 4.69) is 6.92 Å². The Balaban J connectivity index is 3.29. The minimum absolute atomic E-state index is 0.209. The number of hydrogen-bond donors (Lipinski definition) is 0. The Morgan fingerprint density at radius 3 is 2.07 bits per heavy atom. The van der Waals surface area contributed by atoms with Gasteiger partial charge >= 0.3 is 0 Å². The fourth-order valence-electron chi connectivity index (χ4n) is 1.62. The molecular formula is C12H25NO. The molecule has 0 aliphatic rings. The Morgan fingerprint density at radius 1 is 1.00 bits per heavy atom. The van der Waals surface area contributed by atoms with E-state index in [9.17, 15) is 4.79 Å². The van der Waals surface area contributed by atoms with Gasteiger partial charge in [0.1, 0.15) is 0 Å². The third-order valence-corrected chi connectivity index (χ3v) is 2.61. The molecule has 0 spiro atoms. The predicted molar refractivity (Wildman–Crippen MR) is 61.3 cm³/mol. The second kappa shape index (κ2) is 9.04. The minimum atomic E-state index is 0.209. The molecule has 0 rings (SSSR count). The van der Waals surface area contributed by atoms with Crippen molar-refractivity contribution in [3.05, 3.63) is 0 Å². The number of carbonyl (C=O) groups is 1. The summed E-state index contributed by atoms with van der Waals surface area (Å²) in [7, 11) is 0. The molecule has 1 amide bonds. The smallest absolute Gasteiger partial charge is 0.219 e. The molecule has 0 aromatic carbocycles. The van der Waals surface area contributed by atoms with E-state index < -0.39 is 0 Å². The molecule has 0 radical (unpaired) electrons. The van der Waals surface area contributed by atoms with Gasteiger partial charge in [-0.25, -0.2) is 0 Å². The van der Waals surface area contributed by atoms with Crippen LogP contribution in [0.1, 0.15) is 59.3 Å². The Hall–Kier alpha value is -0.530. The first-order valence-electron chi connectivity index (χ1n) is 5.97. The zero-order chi connectivity index (χ0) is 10.8. The number of rotatable bonds is 8. The van der Waals surface area contributed by atoms with Crippen LogP contribution in [-0.4, -0.2) is 23.9 Å². The molecule has 2 nitrogen and oxygen atoms in total. The predicted octanol–water partition coefficient (Wildman–Crippen LogP) is 3.22. The van der Waals surface area contributed by atoms with E-state index in [4.69, 9.17) is 0 Å². The van der Waals surface area contributed by atoms with Gasteiger partial charge < -0.3 is 4.90 Å². The zero-order valence-corrected chi connectivity index (χ0v) is 10.0. The van der Waals surface area contributed by atoms with Gasteiger partial charge in [-0.05, 0) is 13.3 Å². The summed E-state index contributed by atoms with van der Waals surface area (Å²) in [5.74, 6) is 0.209. The molecule has 0 aromatic heterocycles. The van der Waals surface area contributed by atoms with Crippen molar-refractivity contribution >= 4 is 5.91 Å². The molecule has 0 aliphatic heterocycles. The van der Waals surface area contributed by atoms with Crippen molar-refractivity contribution in [1.82, 2.24) is 4.90 Å². The first kappa shape index (κ1) is 13.5. The van der Waals surface area contributed by atoms with Crippen molar-refractivity contribution in [1.29, 1.82) is 0 Å².